The Labute approximate surface area is 107 Å². The van der Waals surface area contributed by atoms with Crippen molar-refractivity contribution in [3.63, 3.8) is 0 Å². The first-order chi connectivity index (χ1) is 8.55. The Balaban J connectivity index is 2.46. The van der Waals surface area contributed by atoms with Crippen LogP contribution in [0.4, 0.5) is 5.82 Å². The van der Waals surface area contributed by atoms with Crippen molar-refractivity contribution in [2.24, 2.45) is 5.73 Å². The molecular formula is C14H19N3O. The number of anilines is 1. The Bertz CT molecular complexity index is 552. The molecule has 0 aliphatic carbocycles. The van der Waals surface area contributed by atoms with Crippen LogP contribution in [0.15, 0.2) is 30.5 Å². The van der Waals surface area contributed by atoms with Crippen molar-refractivity contribution >= 4 is 16.6 Å². The lowest BCUT2D eigenvalue weighted by Crippen LogP contribution is -2.39. The van der Waals surface area contributed by atoms with E-state index in [0.29, 0.717) is 6.54 Å². The number of ether oxygens (including phenoxy) is 1. The van der Waals surface area contributed by atoms with Crippen molar-refractivity contribution in [3.05, 3.63) is 30.5 Å². The number of aromatic nitrogens is 1. The fourth-order valence-electron chi connectivity index (χ4n) is 1.75. The molecule has 0 radical (unpaired) electrons. The topological polar surface area (TPSA) is 60.2 Å². The number of hydrogen-bond donors (Lipinski definition) is 2. The van der Waals surface area contributed by atoms with Gasteiger partial charge in [0.25, 0.3) is 0 Å². The van der Waals surface area contributed by atoms with E-state index in [2.05, 4.69) is 24.1 Å². The summed E-state index contributed by atoms with van der Waals surface area (Å²) in [4.78, 5) is 4.39. The van der Waals surface area contributed by atoms with E-state index < -0.39 is 0 Å². The number of benzene rings is 1. The van der Waals surface area contributed by atoms with Crippen LogP contribution >= 0.6 is 0 Å². The van der Waals surface area contributed by atoms with Crippen LogP contribution in [-0.4, -0.2) is 24.2 Å². The fraction of sp³-hybridized carbons (Fsp3) is 0.357. The van der Waals surface area contributed by atoms with E-state index in [4.69, 9.17) is 10.5 Å². The van der Waals surface area contributed by atoms with Crippen molar-refractivity contribution in [2.45, 2.75) is 19.4 Å². The highest BCUT2D eigenvalue weighted by Gasteiger charge is 2.16. The zero-order valence-corrected chi connectivity index (χ0v) is 11.0. The summed E-state index contributed by atoms with van der Waals surface area (Å²) in [5.74, 6) is 1.70. The monoisotopic (exact) mass is 245 g/mol. The van der Waals surface area contributed by atoms with Gasteiger partial charge in [-0.2, -0.15) is 0 Å². The summed E-state index contributed by atoms with van der Waals surface area (Å²) in [5, 5.41) is 5.54. The van der Waals surface area contributed by atoms with Gasteiger partial charge >= 0.3 is 0 Å². The zero-order valence-electron chi connectivity index (χ0n) is 11.0. The smallest absolute Gasteiger partial charge is 0.134 e. The van der Waals surface area contributed by atoms with Crippen LogP contribution < -0.4 is 15.8 Å². The van der Waals surface area contributed by atoms with Crippen LogP contribution in [0.1, 0.15) is 13.8 Å². The van der Waals surface area contributed by atoms with Crippen LogP contribution in [0, 0.1) is 0 Å². The minimum Gasteiger partial charge on any atom is -0.497 e. The van der Waals surface area contributed by atoms with E-state index in [0.717, 1.165) is 22.3 Å². The largest absolute Gasteiger partial charge is 0.497 e. The fourth-order valence-corrected chi connectivity index (χ4v) is 1.75. The maximum Gasteiger partial charge on any atom is 0.134 e. The van der Waals surface area contributed by atoms with E-state index in [1.54, 1.807) is 13.3 Å². The molecule has 1 aromatic carbocycles. The molecule has 1 heterocycles. The molecule has 0 saturated heterocycles. The number of methoxy groups -OCH3 is 1. The lowest BCUT2D eigenvalue weighted by atomic mass is 10.1. The van der Waals surface area contributed by atoms with Gasteiger partial charge in [-0.3, -0.25) is 0 Å². The van der Waals surface area contributed by atoms with Crippen molar-refractivity contribution < 1.29 is 4.74 Å². The number of hydrogen-bond acceptors (Lipinski definition) is 4. The van der Waals surface area contributed by atoms with Gasteiger partial charge < -0.3 is 15.8 Å². The van der Waals surface area contributed by atoms with Crippen LogP contribution in [0.2, 0.25) is 0 Å². The molecule has 0 bridgehead atoms. The SMILES string of the molecule is COc1ccc2c(NC(C)(C)CN)nccc2c1. The highest BCUT2D eigenvalue weighted by molar-refractivity contribution is 5.92. The van der Waals surface area contributed by atoms with Gasteiger partial charge in [-0.05, 0) is 43.5 Å². The second-order valence-electron chi connectivity index (χ2n) is 4.96. The summed E-state index contributed by atoms with van der Waals surface area (Å²) in [6.07, 6.45) is 1.79. The molecule has 3 N–H and O–H groups in total. The van der Waals surface area contributed by atoms with Crippen LogP contribution in [-0.2, 0) is 0 Å². The molecule has 0 aliphatic heterocycles. The van der Waals surface area contributed by atoms with Gasteiger partial charge in [0.05, 0.1) is 7.11 Å². The van der Waals surface area contributed by atoms with E-state index >= 15 is 0 Å². The standard InChI is InChI=1S/C14H19N3O/c1-14(2,9-15)17-13-12-5-4-11(18-3)8-10(12)6-7-16-13/h4-8H,9,15H2,1-3H3,(H,16,17). The molecule has 1 aromatic heterocycles. The number of nitrogens with two attached hydrogens (primary N) is 1. The van der Waals surface area contributed by atoms with Crippen molar-refractivity contribution in [1.29, 1.82) is 0 Å². The molecule has 0 saturated carbocycles. The molecule has 18 heavy (non-hydrogen) atoms. The summed E-state index contributed by atoms with van der Waals surface area (Å²) < 4.78 is 5.22. The van der Waals surface area contributed by atoms with Gasteiger partial charge in [0.2, 0.25) is 0 Å². The normalized spacial score (nSPS) is 11.6. The second kappa shape index (κ2) is 4.82. The number of pyridine rings is 1. The zero-order chi connectivity index (χ0) is 13.2. The predicted octanol–water partition coefficient (Wildman–Crippen LogP) is 2.39. The molecule has 0 amide bonds. The lowest BCUT2D eigenvalue weighted by Gasteiger charge is -2.25. The summed E-state index contributed by atoms with van der Waals surface area (Å²) in [6, 6.07) is 7.91. The van der Waals surface area contributed by atoms with E-state index in [-0.39, 0.29) is 5.54 Å². The third kappa shape index (κ3) is 2.54. The van der Waals surface area contributed by atoms with E-state index in [1.807, 2.05) is 24.3 Å². The molecule has 0 unspecified atom stereocenters. The molecule has 2 aromatic rings. The molecule has 0 atom stereocenters. The summed E-state index contributed by atoms with van der Waals surface area (Å²) in [7, 11) is 1.67. The maximum absolute atomic E-state index is 5.73. The Morgan fingerprint density at radius 1 is 1.33 bits per heavy atom. The van der Waals surface area contributed by atoms with E-state index in [9.17, 15) is 0 Å². The van der Waals surface area contributed by atoms with Crippen LogP contribution in [0.3, 0.4) is 0 Å². The summed E-state index contributed by atoms with van der Waals surface area (Å²) in [6.45, 7) is 4.65. The predicted molar refractivity (Wildman–Crippen MR) is 75.1 cm³/mol. The van der Waals surface area contributed by atoms with Crippen molar-refractivity contribution in [2.75, 3.05) is 19.0 Å². The first-order valence-electron chi connectivity index (χ1n) is 5.97. The van der Waals surface area contributed by atoms with Crippen molar-refractivity contribution in [3.8, 4) is 5.75 Å². The highest BCUT2D eigenvalue weighted by atomic mass is 16.5. The first kappa shape index (κ1) is 12.6. The average molecular weight is 245 g/mol. The third-order valence-electron chi connectivity index (χ3n) is 2.94. The lowest BCUT2D eigenvalue weighted by molar-refractivity contribution is 0.415. The minimum absolute atomic E-state index is 0.179. The van der Waals surface area contributed by atoms with Gasteiger partial charge in [0.1, 0.15) is 11.6 Å². The quantitative estimate of drug-likeness (QED) is 0.868. The van der Waals surface area contributed by atoms with E-state index in [1.165, 1.54) is 0 Å². The molecule has 96 valence electrons. The van der Waals surface area contributed by atoms with Gasteiger partial charge in [0.15, 0.2) is 0 Å². The van der Waals surface area contributed by atoms with Gasteiger partial charge in [0, 0.05) is 23.7 Å². The second-order valence-corrected chi connectivity index (χ2v) is 4.96. The Morgan fingerprint density at radius 3 is 2.78 bits per heavy atom. The molecule has 0 fully saturated rings. The third-order valence-corrected chi connectivity index (χ3v) is 2.94. The first-order valence-corrected chi connectivity index (χ1v) is 5.97. The number of nitrogens with one attached hydrogen (secondary N) is 1. The number of fused-ring (bicyclic) bond motifs is 1. The Kier molecular flexibility index (Phi) is 3.39. The van der Waals surface area contributed by atoms with Crippen molar-refractivity contribution in [1.82, 2.24) is 4.98 Å². The van der Waals surface area contributed by atoms with Crippen LogP contribution in [0.25, 0.3) is 10.8 Å². The number of rotatable bonds is 4. The average Bonchev–Trinajstić information content (AvgIpc) is 2.38. The molecule has 4 nitrogen and oxygen atoms in total. The molecule has 0 aliphatic rings. The minimum atomic E-state index is -0.179. The Morgan fingerprint density at radius 2 is 2.11 bits per heavy atom. The Hall–Kier alpha value is -1.81. The molecule has 4 heteroatoms. The summed E-state index contributed by atoms with van der Waals surface area (Å²) in [5.41, 5.74) is 5.55. The number of nitrogens with zero attached hydrogens (tertiary/aromatic N) is 1. The van der Waals surface area contributed by atoms with Gasteiger partial charge in [-0.1, -0.05) is 0 Å². The molecule has 2 rings (SSSR count). The highest BCUT2D eigenvalue weighted by Crippen LogP contribution is 2.26. The molecular weight excluding hydrogens is 226 g/mol. The van der Waals surface area contributed by atoms with Gasteiger partial charge in [-0.15, -0.1) is 0 Å². The summed E-state index contributed by atoms with van der Waals surface area (Å²) >= 11 is 0. The van der Waals surface area contributed by atoms with Crippen LogP contribution in [0.5, 0.6) is 5.75 Å². The maximum atomic E-state index is 5.73. The van der Waals surface area contributed by atoms with Gasteiger partial charge in [-0.25, -0.2) is 4.98 Å². The molecule has 0 spiro atoms.